The highest BCUT2D eigenvalue weighted by Gasteiger charge is 2.22. The molecule has 18 heavy (non-hydrogen) atoms. The molecule has 1 unspecified atom stereocenters. The van der Waals surface area contributed by atoms with Gasteiger partial charge in [-0.3, -0.25) is 4.79 Å². The lowest BCUT2D eigenvalue weighted by Crippen LogP contribution is -2.24. The quantitative estimate of drug-likeness (QED) is 0.543. The van der Waals surface area contributed by atoms with Crippen molar-refractivity contribution in [3.8, 4) is 0 Å². The largest absolute Gasteiger partial charge is 0.465 e. The lowest BCUT2D eigenvalue weighted by Gasteiger charge is -2.22. The molecule has 0 saturated carbocycles. The molecule has 0 aromatic heterocycles. The highest BCUT2D eigenvalue weighted by Crippen LogP contribution is 2.16. The van der Waals surface area contributed by atoms with E-state index in [1.165, 1.54) is 6.42 Å². The van der Waals surface area contributed by atoms with E-state index in [2.05, 4.69) is 0 Å². The first-order valence-electron chi connectivity index (χ1n) is 6.90. The van der Waals surface area contributed by atoms with Gasteiger partial charge in [0.1, 0.15) is 0 Å². The Morgan fingerprint density at radius 2 is 1.94 bits per heavy atom. The molecule has 0 bridgehead atoms. The Balaban J connectivity index is 1.94. The summed E-state index contributed by atoms with van der Waals surface area (Å²) in [7, 11) is 0. The van der Waals surface area contributed by atoms with Crippen LogP contribution in [0.1, 0.15) is 52.9 Å². The molecule has 1 aliphatic rings. The van der Waals surface area contributed by atoms with Crippen LogP contribution in [-0.4, -0.2) is 32.1 Å². The van der Waals surface area contributed by atoms with Gasteiger partial charge in [0, 0.05) is 13.2 Å². The number of hydrogen-bond donors (Lipinski definition) is 0. The molecule has 0 spiro atoms. The standard InChI is InChI=1S/C14H26O4/c1-14(2,3)13(15)18-11-7-6-10-17-12-8-4-5-9-16-12/h12H,4-11H2,1-3H3. The third-order valence-corrected chi connectivity index (χ3v) is 2.83. The van der Waals surface area contributed by atoms with E-state index in [-0.39, 0.29) is 12.3 Å². The number of rotatable bonds is 6. The van der Waals surface area contributed by atoms with Crippen LogP contribution in [0, 0.1) is 5.41 Å². The lowest BCUT2D eigenvalue weighted by atomic mass is 9.97. The van der Waals surface area contributed by atoms with Gasteiger partial charge in [0.15, 0.2) is 6.29 Å². The maximum absolute atomic E-state index is 11.5. The zero-order chi connectivity index (χ0) is 13.4. The fourth-order valence-corrected chi connectivity index (χ4v) is 1.64. The summed E-state index contributed by atoms with van der Waals surface area (Å²) < 4.78 is 16.2. The van der Waals surface area contributed by atoms with E-state index in [4.69, 9.17) is 14.2 Å². The van der Waals surface area contributed by atoms with E-state index in [1.54, 1.807) is 0 Å². The van der Waals surface area contributed by atoms with Crippen LogP contribution in [0.15, 0.2) is 0 Å². The van der Waals surface area contributed by atoms with Crippen molar-refractivity contribution in [3.05, 3.63) is 0 Å². The van der Waals surface area contributed by atoms with Gasteiger partial charge in [-0.15, -0.1) is 0 Å². The fraction of sp³-hybridized carbons (Fsp3) is 0.929. The molecule has 1 atom stereocenters. The van der Waals surface area contributed by atoms with E-state index in [1.807, 2.05) is 20.8 Å². The molecule has 4 nitrogen and oxygen atoms in total. The summed E-state index contributed by atoms with van der Waals surface area (Å²) >= 11 is 0. The van der Waals surface area contributed by atoms with Crippen molar-refractivity contribution in [2.45, 2.75) is 59.2 Å². The zero-order valence-electron chi connectivity index (χ0n) is 11.9. The minimum Gasteiger partial charge on any atom is -0.465 e. The minimum absolute atomic E-state index is 0.0177. The van der Waals surface area contributed by atoms with Gasteiger partial charge in [0.05, 0.1) is 12.0 Å². The molecule has 0 aliphatic carbocycles. The molecule has 0 aromatic rings. The second kappa shape index (κ2) is 7.74. The minimum atomic E-state index is -0.410. The van der Waals surface area contributed by atoms with E-state index >= 15 is 0 Å². The van der Waals surface area contributed by atoms with Crippen LogP contribution in [0.5, 0.6) is 0 Å². The van der Waals surface area contributed by atoms with Gasteiger partial charge in [-0.1, -0.05) is 0 Å². The smallest absolute Gasteiger partial charge is 0.311 e. The van der Waals surface area contributed by atoms with Gasteiger partial charge in [-0.05, 0) is 52.9 Å². The fourth-order valence-electron chi connectivity index (χ4n) is 1.64. The molecule has 0 N–H and O–H groups in total. The van der Waals surface area contributed by atoms with Crippen molar-refractivity contribution in [2.24, 2.45) is 5.41 Å². The van der Waals surface area contributed by atoms with Crippen LogP contribution in [0.25, 0.3) is 0 Å². The predicted molar refractivity (Wildman–Crippen MR) is 69.2 cm³/mol. The van der Waals surface area contributed by atoms with Crippen LogP contribution in [0.3, 0.4) is 0 Å². The van der Waals surface area contributed by atoms with Crippen molar-refractivity contribution >= 4 is 5.97 Å². The second-order valence-electron chi connectivity index (χ2n) is 5.76. The number of ether oxygens (including phenoxy) is 3. The molecule has 4 heteroatoms. The van der Waals surface area contributed by atoms with Crippen LogP contribution >= 0.6 is 0 Å². The topological polar surface area (TPSA) is 44.8 Å². The van der Waals surface area contributed by atoms with Crippen molar-refractivity contribution < 1.29 is 19.0 Å². The maximum Gasteiger partial charge on any atom is 0.311 e. The molecule has 1 aliphatic heterocycles. The van der Waals surface area contributed by atoms with E-state index in [0.717, 1.165) is 32.3 Å². The van der Waals surface area contributed by atoms with Crippen LogP contribution < -0.4 is 0 Å². The van der Waals surface area contributed by atoms with Crippen molar-refractivity contribution in [1.82, 2.24) is 0 Å². The summed E-state index contributed by atoms with van der Waals surface area (Å²) in [4.78, 5) is 11.5. The Morgan fingerprint density at radius 1 is 1.22 bits per heavy atom. The molecule has 1 saturated heterocycles. The van der Waals surface area contributed by atoms with E-state index < -0.39 is 5.41 Å². The SMILES string of the molecule is CC(C)(C)C(=O)OCCCCOC1CCCCO1. The Bertz CT molecular complexity index is 239. The zero-order valence-corrected chi connectivity index (χ0v) is 11.9. The molecule has 0 radical (unpaired) electrons. The molecule has 0 aromatic carbocycles. The van der Waals surface area contributed by atoms with Crippen LogP contribution in [0.4, 0.5) is 0 Å². The molecule has 1 fully saturated rings. The van der Waals surface area contributed by atoms with Crippen LogP contribution in [0.2, 0.25) is 0 Å². The Morgan fingerprint density at radius 3 is 2.56 bits per heavy atom. The first-order chi connectivity index (χ1) is 8.50. The van der Waals surface area contributed by atoms with Gasteiger partial charge in [0.2, 0.25) is 0 Å². The van der Waals surface area contributed by atoms with Gasteiger partial charge in [0.25, 0.3) is 0 Å². The highest BCUT2D eigenvalue weighted by atomic mass is 16.7. The highest BCUT2D eigenvalue weighted by molar-refractivity contribution is 5.75. The molecule has 1 heterocycles. The van der Waals surface area contributed by atoms with E-state index in [9.17, 15) is 4.79 Å². The Hall–Kier alpha value is -0.610. The molecule has 106 valence electrons. The Labute approximate surface area is 110 Å². The third kappa shape index (κ3) is 6.36. The van der Waals surface area contributed by atoms with Crippen LogP contribution in [-0.2, 0) is 19.0 Å². The van der Waals surface area contributed by atoms with Gasteiger partial charge in [-0.2, -0.15) is 0 Å². The van der Waals surface area contributed by atoms with Gasteiger partial charge < -0.3 is 14.2 Å². The van der Waals surface area contributed by atoms with Gasteiger partial charge >= 0.3 is 5.97 Å². The molecular formula is C14H26O4. The maximum atomic E-state index is 11.5. The second-order valence-corrected chi connectivity index (χ2v) is 5.76. The van der Waals surface area contributed by atoms with E-state index in [0.29, 0.717) is 13.2 Å². The molecular weight excluding hydrogens is 232 g/mol. The average Bonchev–Trinajstić information content (AvgIpc) is 2.33. The third-order valence-electron chi connectivity index (χ3n) is 2.83. The summed E-state index contributed by atoms with van der Waals surface area (Å²) in [5, 5.41) is 0. The number of hydrogen-bond acceptors (Lipinski definition) is 4. The predicted octanol–water partition coefficient (Wildman–Crippen LogP) is 2.90. The first kappa shape index (κ1) is 15.4. The summed E-state index contributed by atoms with van der Waals surface area (Å²) in [5.41, 5.74) is -0.410. The number of carbonyl (C=O) groups is 1. The van der Waals surface area contributed by atoms with Crippen molar-refractivity contribution in [2.75, 3.05) is 19.8 Å². The normalized spacial score (nSPS) is 20.7. The monoisotopic (exact) mass is 258 g/mol. The van der Waals surface area contributed by atoms with Gasteiger partial charge in [-0.25, -0.2) is 0 Å². The first-order valence-corrected chi connectivity index (χ1v) is 6.90. The molecule has 1 rings (SSSR count). The number of esters is 1. The van der Waals surface area contributed by atoms with Crippen molar-refractivity contribution in [3.63, 3.8) is 0 Å². The average molecular weight is 258 g/mol. The number of unbranched alkanes of at least 4 members (excludes halogenated alkanes) is 1. The summed E-state index contributed by atoms with van der Waals surface area (Å²) in [6.45, 7) is 7.55. The Kier molecular flexibility index (Phi) is 6.65. The summed E-state index contributed by atoms with van der Waals surface area (Å²) in [5.74, 6) is -0.140. The van der Waals surface area contributed by atoms with Crippen molar-refractivity contribution in [1.29, 1.82) is 0 Å². The molecule has 0 amide bonds. The number of carbonyl (C=O) groups excluding carboxylic acids is 1. The summed E-state index contributed by atoms with van der Waals surface area (Å²) in [6.07, 6.45) is 5.05. The lowest BCUT2D eigenvalue weighted by molar-refractivity contribution is -0.164. The summed E-state index contributed by atoms with van der Waals surface area (Å²) in [6, 6.07) is 0.